The summed E-state index contributed by atoms with van der Waals surface area (Å²) in [5.74, 6) is 0. The monoisotopic (exact) mass is 379 g/mol. The van der Waals surface area contributed by atoms with Crippen molar-refractivity contribution in [3.8, 4) is 0 Å². The van der Waals surface area contributed by atoms with Crippen LogP contribution in [0.5, 0.6) is 0 Å². The van der Waals surface area contributed by atoms with E-state index in [2.05, 4.69) is 16.9 Å². The molecule has 0 amide bonds. The van der Waals surface area contributed by atoms with Gasteiger partial charge < -0.3 is 19.2 Å². The molecule has 2 aliphatic rings. The van der Waals surface area contributed by atoms with Crippen LogP contribution in [0.3, 0.4) is 0 Å². The summed E-state index contributed by atoms with van der Waals surface area (Å²) in [6.07, 6.45) is 0.791. The van der Waals surface area contributed by atoms with Crippen LogP contribution in [0.15, 0.2) is 0 Å². The predicted molar refractivity (Wildman–Crippen MR) is 105 cm³/mol. The summed E-state index contributed by atoms with van der Waals surface area (Å²) in [6.45, 7) is 14.5. The Kier molecular flexibility index (Phi) is 6.03. The molecular weight excluding hydrogens is 345 g/mol. The predicted octanol–water partition coefficient (Wildman–Crippen LogP) is 1.04. The summed E-state index contributed by atoms with van der Waals surface area (Å²) < 4.78 is 19.8. The van der Waals surface area contributed by atoms with E-state index in [1.165, 1.54) is 0 Å². The highest BCUT2D eigenvalue weighted by Crippen LogP contribution is 2.37. The lowest BCUT2D eigenvalue weighted by molar-refractivity contribution is 0.00578. The minimum atomic E-state index is -0.645. The zero-order valence-electron chi connectivity index (χ0n) is 17.6. The van der Waals surface area contributed by atoms with Crippen molar-refractivity contribution in [2.75, 3.05) is 32.8 Å². The van der Waals surface area contributed by atoms with Gasteiger partial charge >= 0.3 is 7.12 Å². The van der Waals surface area contributed by atoms with E-state index in [-0.39, 0.29) is 0 Å². The fourth-order valence-electron chi connectivity index (χ4n) is 3.75. The van der Waals surface area contributed by atoms with Gasteiger partial charge in [-0.25, -0.2) is 0 Å². The van der Waals surface area contributed by atoms with Crippen LogP contribution < -0.4 is 5.46 Å². The normalized spacial score (nSPS) is 23.7. The molecule has 0 saturated carbocycles. The number of aliphatic hydroxyl groups excluding tert-OH is 1. The highest BCUT2D eigenvalue weighted by molar-refractivity contribution is 6.63. The molecule has 1 N–H and O–H groups in total. The van der Waals surface area contributed by atoms with Gasteiger partial charge in [-0.15, -0.1) is 0 Å². The number of hydrogen-bond acceptors (Lipinski definition) is 6. The third kappa shape index (κ3) is 4.10. The first-order valence-electron chi connectivity index (χ1n) is 10.1. The van der Waals surface area contributed by atoms with Crippen molar-refractivity contribution in [3.05, 3.63) is 11.4 Å². The van der Waals surface area contributed by atoms with E-state index in [1.54, 1.807) is 0 Å². The molecule has 7 nitrogen and oxygen atoms in total. The van der Waals surface area contributed by atoms with E-state index in [0.29, 0.717) is 12.1 Å². The van der Waals surface area contributed by atoms with Crippen molar-refractivity contribution < 1.29 is 19.2 Å². The van der Waals surface area contributed by atoms with Crippen LogP contribution in [0.4, 0.5) is 0 Å². The third-order valence-corrected chi connectivity index (χ3v) is 6.20. The number of hydrogen-bond donors (Lipinski definition) is 1. The molecule has 2 saturated heterocycles. The Morgan fingerprint density at radius 2 is 1.74 bits per heavy atom. The number of ether oxygens (including phenoxy) is 1. The van der Waals surface area contributed by atoms with Crippen LogP contribution in [0.1, 0.15) is 58.5 Å². The number of rotatable bonds is 6. The van der Waals surface area contributed by atoms with Crippen molar-refractivity contribution in [2.45, 2.75) is 64.8 Å². The van der Waals surface area contributed by atoms with Crippen molar-refractivity contribution in [1.82, 2.24) is 14.7 Å². The molecule has 0 unspecified atom stereocenters. The number of aromatic nitrogens is 2. The smallest absolute Gasteiger partial charge is 0.399 e. The summed E-state index contributed by atoms with van der Waals surface area (Å²) in [5, 5.41) is 15.6. The van der Waals surface area contributed by atoms with Crippen LogP contribution in [-0.2, 0) is 27.5 Å². The Bertz CT molecular complexity index is 640. The lowest BCUT2D eigenvalue weighted by Gasteiger charge is -2.32. The first kappa shape index (κ1) is 20.8. The fourth-order valence-corrected chi connectivity index (χ4v) is 3.75. The third-order valence-electron chi connectivity index (χ3n) is 6.20. The van der Waals surface area contributed by atoms with Gasteiger partial charge in [-0.05, 0) is 40.5 Å². The molecule has 8 heteroatoms. The standard InChI is InChI=1S/C19H34BN3O4/c1-7-14-16(20-26-18(2,3)19(4,5)27-20)17(21-22(14)6)15(24)8-9-23-10-12-25-13-11-23/h15,24H,7-13H2,1-6H3/t15-/m1/s1. The maximum absolute atomic E-state index is 10.9. The molecule has 1 atom stereocenters. The second-order valence-electron chi connectivity index (χ2n) is 8.57. The van der Waals surface area contributed by atoms with E-state index in [1.807, 2.05) is 39.4 Å². The molecular formula is C19H34BN3O4. The van der Waals surface area contributed by atoms with Gasteiger partial charge in [0.25, 0.3) is 0 Å². The Morgan fingerprint density at radius 1 is 1.15 bits per heavy atom. The summed E-state index contributed by atoms with van der Waals surface area (Å²) >= 11 is 0. The highest BCUT2D eigenvalue weighted by Gasteiger charge is 2.53. The highest BCUT2D eigenvalue weighted by atomic mass is 16.7. The summed E-state index contributed by atoms with van der Waals surface area (Å²) in [6, 6.07) is 0. The van der Waals surface area contributed by atoms with Gasteiger partial charge in [0.2, 0.25) is 0 Å². The molecule has 1 aromatic rings. The topological polar surface area (TPSA) is 69.0 Å². The average Bonchev–Trinajstić information content (AvgIpc) is 3.06. The van der Waals surface area contributed by atoms with E-state index in [4.69, 9.17) is 14.0 Å². The minimum Gasteiger partial charge on any atom is -0.399 e. The number of aryl methyl sites for hydroxylation is 1. The van der Waals surface area contributed by atoms with Gasteiger partial charge in [0.15, 0.2) is 0 Å². The Morgan fingerprint density at radius 3 is 2.30 bits per heavy atom. The summed E-state index contributed by atoms with van der Waals surface area (Å²) in [4.78, 5) is 2.32. The van der Waals surface area contributed by atoms with Crippen LogP contribution in [0.2, 0.25) is 0 Å². The molecule has 2 fully saturated rings. The molecule has 1 aromatic heterocycles. The SMILES string of the molecule is CCc1c(B2OC(C)(C)C(C)(C)O2)c([C@H](O)CCN2CCOCC2)nn1C. The molecule has 2 aliphatic heterocycles. The van der Waals surface area contributed by atoms with E-state index in [9.17, 15) is 5.11 Å². The molecule has 152 valence electrons. The van der Waals surface area contributed by atoms with E-state index >= 15 is 0 Å². The van der Waals surface area contributed by atoms with E-state index in [0.717, 1.165) is 50.4 Å². The molecule has 27 heavy (non-hydrogen) atoms. The number of aliphatic hydroxyl groups is 1. The van der Waals surface area contributed by atoms with Gasteiger partial charge in [-0.3, -0.25) is 9.58 Å². The first-order valence-corrected chi connectivity index (χ1v) is 10.1. The summed E-state index contributed by atoms with van der Waals surface area (Å²) in [5.41, 5.74) is 1.78. The zero-order chi connectivity index (χ0) is 19.8. The molecule has 0 bridgehead atoms. The fraction of sp³-hybridized carbons (Fsp3) is 0.842. The Balaban J connectivity index is 1.81. The van der Waals surface area contributed by atoms with Crippen LogP contribution in [-0.4, -0.2) is 71.0 Å². The Labute approximate surface area is 163 Å². The zero-order valence-corrected chi connectivity index (χ0v) is 17.6. The largest absolute Gasteiger partial charge is 0.498 e. The van der Waals surface area contributed by atoms with E-state index < -0.39 is 24.4 Å². The molecule has 0 aromatic carbocycles. The molecule has 0 aliphatic carbocycles. The Hall–Kier alpha value is -0.925. The second-order valence-corrected chi connectivity index (χ2v) is 8.57. The molecule has 3 heterocycles. The lowest BCUT2D eigenvalue weighted by atomic mass is 9.75. The molecule has 0 radical (unpaired) electrons. The number of morpholine rings is 1. The first-order chi connectivity index (χ1) is 12.7. The van der Waals surface area contributed by atoms with Crippen molar-refractivity contribution in [1.29, 1.82) is 0 Å². The summed E-state index contributed by atoms with van der Waals surface area (Å²) in [7, 11) is 1.41. The van der Waals surface area contributed by atoms with Gasteiger partial charge in [0.1, 0.15) is 0 Å². The van der Waals surface area contributed by atoms with Gasteiger partial charge in [0.05, 0.1) is 36.2 Å². The minimum absolute atomic E-state index is 0.422. The van der Waals surface area contributed by atoms with Gasteiger partial charge in [-0.2, -0.15) is 5.10 Å². The average molecular weight is 379 g/mol. The van der Waals surface area contributed by atoms with Crippen LogP contribution >= 0.6 is 0 Å². The van der Waals surface area contributed by atoms with Crippen LogP contribution in [0.25, 0.3) is 0 Å². The van der Waals surface area contributed by atoms with Crippen molar-refractivity contribution in [2.24, 2.45) is 7.05 Å². The maximum atomic E-state index is 10.9. The van der Waals surface area contributed by atoms with Crippen LogP contribution in [0, 0.1) is 0 Å². The second kappa shape index (κ2) is 7.83. The molecule has 3 rings (SSSR count). The van der Waals surface area contributed by atoms with Crippen molar-refractivity contribution >= 4 is 12.6 Å². The van der Waals surface area contributed by atoms with Crippen molar-refractivity contribution in [3.63, 3.8) is 0 Å². The maximum Gasteiger partial charge on any atom is 0.498 e. The molecule has 0 spiro atoms. The number of nitrogens with zero attached hydrogens (tertiary/aromatic N) is 3. The quantitative estimate of drug-likeness (QED) is 0.745. The lowest BCUT2D eigenvalue weighted by Crippen LogP contribution is -2.41. The van der Waals surface area contributed by atoms with Gasteiger partial charge in [0, 0.05) is 37.8 Å². The van der Waals surface area contributed by atoms with Gasteiger partial charge in [-0.1, -0.05) is 6.92 Å².